The minimum atomic E-state index is 0.561. The van der Waals surface area contributed by atoms with E-state index in [0.717, 1.165) is 19.5 Å². The van der Waals surface area contributed by atoms with Crippen LogP contribution in [-0.4, -0.2) is 19.6 Å². The van der Waals surface area contributed by atoms with E-state index in [1.165, 1.54) is 15.7 Å². The molecule has 0 aliphatic heterocycles. The van der Waals surface area contributed by atoms with E-state index < -0.39 is 0 Å². The quantitative estimate of drug-likeness (QED) is 0.859. The molecule has 96 valence electrons. The summed E-state index contributed by atoms with van der Waals surface area (Å²) in [6, 6.07) is 7.16. The second kappa shape index (κ2) is 7.02. The molecule has 0 bridgehead atoms. The zero-order chi connectivity index (χ0) is 12.8. The van der Waals surface area contributed by atoms with Crippen molar-refractivity contribution in [2.24, 2.45) is 0 Å². The lowest BCUT2D eigenvalue weighted by Gasteiger charge is -2.27. The molecule has 0 heterocycles. The molecule has 0 amide bonds. The molecule has 0 fully saturated rings. The molecule has 0 saturated carbocycles. The molecular formula is C14H23BrN2. The van der Waals surface area contributed by atoms with Crippen LogP contribution in [0.15, 0.2) is 22.7 Å². The molecule has 0 spiro atoms. The maximum Gasteiger partial charge on any atom is 0.0510 e. The van der Waals surface area contributed by atoms with E-state index in [1.807, 2.05) is 0 Å². The van der Waals surface area contributed by atoms with E-state index in [0.29, 0.717) is 6.04 Å². The average molecular weight is 299 g/mol. The maximum atomic E-state index is 3.67. The van der Waals surface area contributed by atoms with Crippen LogP contribution in [0.3, 0.4) is 0 Å². The van der Waals surface area contributed by atoms with Gasteiger partial charge in [-0.25, -0.2) is 0 Å². The molecule has 1 aromatic carbocycles. The van der Waals surface area contributed by atoms with E-state index in [9.17, 15) is 0 Å². The Morgan fingerprint density at radius 3 is 2.59 bits per heavy atom. The second-order valence-corrected chi connectivity index (χ2v) is 5.29. The van der Waals surface area contributed by atoms with Crippen molar-refractivity contribution >= 4 is 21.6 Å². The normalized spacial score (nSPS) is 12.5. The van der Waals surface area contributed by atoms with Gasteiger partial charge in [-0.05, 0) is 53.5 Å². The summed E-state index contributed by atoms with van der Waals surface area (Å²) in [5.41, 5.74) is 2.58. The number of nitrogens with zero attached hydrogens (tertiary/aromatic N) is 1. The van der Waals surface area contributed by atoms with Crippen molar-refractivity contribution in [2.75, 3.05) is 18.5 Å². The summed E-state index contributed by atoms with van der Waals surface area (Å²) in [6.45, 7) is 8.53. The molecule has 1 unspecified atom stereocenters. The van der Waals surface area contributed by atoms with Crippen LogP contribution in [0.2, 0.25) is 0 Å². The Morgan fingerprint density at radius 2 is 2.06 bits per heavy atom. The Balaban J connectivity index is 2.82. The molecule has 17 heavy (non-hydrogen) atoms. The number of anilines is 1. The minimum Gasteiger partial charge on any atom is -0.371 e. The number of halogens is 1. The predicted molar refractivity (Wildman–Crippen MR) is 79.7 cm³/mol. The monoisotopic (exact) mass is 298 g/mol. The highest BCUT2D eigenvalue weighted by atomic mass is 79.9. The first-order valence-electron chi connectivity index (χ1n) is 6.32. The molecule has 3 heteroatoms. The third kappa shape index (κ3) is 4.00. The minimum absolute atomic E-state index is 0.561. The van der Waals surface area contributed by atoms with E-state index in [2.05, 4.69) is 72.2 Å². The van der Waals surface area contributed by atoms with Gasteiger partial charge in [-0.15, -0.1) is 0 Å². The molecular weight excluding hydrogens is 276 g/mol. The fraction of sp³-hybridized carbons (Fsp3) is 0.571. The van der Waals surface area contributed by atoms with Gasteiger partial charge in [0.15, 0.2) is 0 Å². The summed E-state index contributed by atoms with van der Waals surface area (Å²) in [5, 5.41) is 3.34. The Morgan fingerprint density at radius 1 is 1.35 bits per heavy atom. The van der Waals surface area contributed by atoms with Crippen LogP contribution in [0, 0.1) is 0 Å². The Hall–Kier alpha value is -0.540. The zero-order valence-electron chi connectivity index (χ0n) is 11.3. The van der Waals surface area contributed by atoms with Gasteiger partial charge in [0, 0.05) is 24.1 Å². The summed E-state index contributed by atoms with van der Waals surface area (Å²) in [5.74, 6) is 0. The SMILES string of the molecule is CCNCc1ccc(N(C)C(C)CC)c(Br)c1. The number of hydrogen-bond donors (Lipinski definition) is 1. The van der Waals surface area contributed by atoms with Crippen molar-refractivity contribution in [3.8, 4) is 0 Å². The average Bonchev–Trinajstić information content (AvgIpc) is 2.34. The van der Waals surface area contributed by atoms with E-state index in [1.54, 1.807) is 0 Å². The summed E-state index contributed by atoms with van der Waals surface area (Å²) in [6.07, 6.45) is 1.15. The molecule has 1 rings (SSSR count). The van der Waals surface area contributed by atoms with Crippen molar-refractivity contribution in [3.05, 3.63) is 28.2 Å². The zero-order valence-corrected chi connectivity index (χ0v) is 12.8. The number of hydrogen-bond acceptors (Lipinski definition) is 2. The van der Waals surface area contributed by atoms with Crippen molar-refractivity contribution < 1.29 is 0 Å². The fourth-order valence-electron chi connectivity index (χ4n) is 1.73. The highest BCUT2D eigenvalue weighted by molar-refractivity contribution is 9.10. The Kier molecular flexibility index (Phi) is 6.00. The van der Waals surface area contributed by atoms with Crippen molar-refractivity contribution in [1.82, 2.24) is 5.32 Å². The van der Waals surface area contributed by atoms with Crippen LogP contribution in [0.4, 0.5) is 5.69 Å². The van der Waals surface area contributed by atoms with Crippen LogP contribution < -0.4 is 10.2 Å². The van der Waals surface area contributed by atoms with Gasteiger partial charge in [0.1, 0.15) is 0 Å². The van der Waals surface area contributed by atoms with E-state index >= 15 is 0 Å². The van der Waals surface area contributed by atoms with Gasteiger partial charge in [-0.2, -0.15) is 0 Å². The van der Waals surface area contributed by atoms with Gasteiger partial charge >= 0.3 is 0 Å². The lowest BCUT2D eigenvalue weighted by Crippen LogP contribution is -2.28. The lowest BCUT2D eigenvalue weighted by molar-refractivity contribution is 0.662. The molecule has 1 N–H and O–H groups in total. The van der Waals surface area contributed by atoms with Crippen LogP contribution in [0.5, 0.6) is 0 Å². The van der Waals surface area contributed by atoms with Crippen LogP contribution in [-0.2, 0) is 6.54 Å². The molecule has 0 radical (unpaired) electrons. The Labute approximate surface area is 114 Å². The molecule has 0 aliphatic rings. The summed E-state index contributed by atoms with van der Waals surface area (Å²) in [4.78, 5) is 2.32. The summed E-state index contributed by atoms with van der Waals surface area (Å²) >= 11 is 3.67. The van der Waals surface area contributed by atoms with E-state index in [4.69, 9.17) is 0 Å². The topological polar surface area (TPSA) is 15.3 Å². The highest BCUT2D eigenvalue weighted by Gasteiger charge is 2.11. The van der Waals surface area contributed by atoms with Crippen molar-refractivity contribution in [2.45, 2.75) is 39.8 Å². The van der Waals surface area contributed by atoms with Crippen molar-refractivity contribution in [3.63, 3.8) is 0 Å². The van der Waals surface area contributed by atoms with Gasteiger partial charge in [-0.3, -0.25) is 0 Å². The highest BCUT2D eigenvalue weighted by Crippen LogP contribution is 2.28. The predicted octanol–water partition coefficient (Wildman–Crippen LogP) is 3.79. The van der Waals surface area contributed by atoms with E-state index in [-0.39, 0.29) is 0 Å². The molecule has 0 aliphatic carbocycles. The largest absolute Gasteiger partial charge is 0.371 e. The third-order valence-corrected chi connectivity index (χ3v) is 3.86. The first kappa shape index (κ1) is 14.5. The van der Waals surface area contributed by atoms with Gasteiger partial charge in [0.2, 0.25) is 0 Å². The standard InChI is InChI=1S/C14H23BrN2/c1-5-11(3)17(4)14-8-7-12(9-13(14)15)10-16-6-2/h7-9,11,16H,5-6,10H2,1-4H3. The smallest absolute Gasteiger partial charge is 0.0510 e. The fourth-order valence-corrected chi connectivity index (χ4v) is 2.43. The number of benzene rings is 1. The third-order valence-electron chi connectivity index (χ3n) is 3.22. The van der Waals surface area contributed by atoms with Gasteiger partial charge in [0.05, 0.1) is 5.69 Å². The Bertz CT molecular complexity index is 352. The molecule has 1 aromatic rings. The van der Waals surface area contributed by atoms with Gasteiger partial charge in [-0.1, -0.05) is 19.9 Å². The molecule has 0 aromatic heterocycles. The summed E-state index contributed by atoms with van der Waals surface area (Å²) in [7, 11) is 2.15. The van der Waals surface area contributed by atoms with Gasteiger partial charge < -0.3 is 10.2 Å². The first-order chi connectivity index (χ1) is 8.10. The first-order valence-corrected chi connectivity index (χ1v) is 7.11. The second-order valence-electron chi connectivity index (χ2n) is 4.43. The molecule has 2 nitrogen and oxygen atoms in total. The van der Waals surface area contributed by atoms with Crippen molar-refractivity contribution in [1.29, 1.82) is 0 Å². The lowest BCUT2D eigenvalue weighted by atomic mass is 10.1. The maximum absolute atomic E-state index is 3.67. The molecule has 0 saturated heterocycles. The van der Waals surface area contributed by atoms with Crippen LogP contribution in [0.1, 0.15) is 32.8 Å². The number of nitrogens with one attached hydrogen (secondary N) is 1. The number of rotatable bonds is 6. The van der Waals surface area contributed by atoms with Crippen LogP contribution >= 0.6 is 15.9 Å². The van der Waals surface area contributed by atoms with Gasteiger partial charge in [0.25, 0.3) is 0 Å². The summed E-state index contributed by atoms with van der Waals surface area (Å²) < 4.78 is 1.18. The van der Waals surface area contributed by atoms with Crippen LogP contribution in [0.25, 0.3) is 0 Å². The molecule has 1 atom stereocenters.